The maximum absolute atomic E-state index is 12.0. The molecule has 0 aliphatic heterocycles. The van der Waals surface area contributed by atoms with Crippen LogP contribution in [0.5, 0.6) is 0 Å². The van der Waals surface area contributed by atoms with Crippen LogP contribution in [0, 0.1) is 6.92 Å². The number of pyridine rings is 1. The van der Waals surface area contributed by atoms with Crippen molar-refractivity contribution in [1.29, 1.82) is 0 Å². The van der Waals surface area contributed by atoms with E-state index in [2.05, 4.69) is 10.3 Å². The predicted molar refractivity (Wildman–Crippen MR) is 94.1 cm³/mol. The van der Waals surface area contributed by atoms with Gasteiger partial charge in [0.2, 0.25) is 15.9 Å². The van der Waals surface area contributed by atoms with Gasteiger partial charge in [-0.25, -0.2) is 8.42 Å². The number of benzene rings is 1. The molecule has 0 aliphatic rings. The number of amides is 1. The second kappa shape index (κ2) is 7.92. The normalized spacial score (nSPS) is 11.1. The van der Waals surface area contributed by atoms with Crippen LogP contribution in [0.15, 0.2) is 48.8 Å². The Morgan fingerprint density at radius 3 is 2.54 bits per heavy atom. The van der Waals surface area contributed by atoms with Crippen LogP contribution in [0.3, 0.4) is 0 Å². The molecule has 2 rings (SSSR count). The van der Waals surface area contributed by atoms with Crippen molar-refractivity contribution in [3.63, 3.8) is 0 Å². The van der Waals surface area contributed by atoms with Gasteiger partial charge in [-0.2, -0.15) is 0 Å². The standard InChI is InChI=1S/C17H21N3O3S/c1-14-4-3-5-16(12-14)20(24(2,22)23)11-8-17(21)19-13-15-6-9-18-10-7-15/h3-7,9-10,12H,8,11,13H2,1-2H3,(H,19,21). The van der Waals surface area contributed by atoms with Crippen LogP contribution < -0.4 is 9.62 Å². The Balaban J connectivity index is 1.97. The maximum atomic E-state index is 12.0. The Bertz CT molecular complexity index is 792. The molecule has 0 saturated heterocycles. The Morgan fingerprint density at radius 1 is 1.21 bits per heavy atom. The van der Waals surface area contributed by atoms with E-state index in [1.54, 1.807) is 30.6 Å². The van der Waals surface area contributed by atoms with Gasteiger partial charge < -0.3 is 5.32 Å². The lowest BCUT2D eigenvalue weighted by Crippen LogP contribution is -2.34. The van der Waals surface area contributed by atoms with E-state index in [0.29, 0.717) is 12.2 Å². The molecular weight excluding hydrogens is 326 g/mol. The highest BCUT2D eigenvalue weighted by Gasteiger charge is 2.18. The van der Waals surface area contributed by atoms with Crippen LogP contribution in [0.4, 0.5) is 5.69 Å². The number of hydrogen-bond donors (Lipinski definition) is 1. The van der Waals surface area contributed by atoms with Crippen LogP contribution in [-0.4, -0.2) is 32.1 Å². The van der Waals surface area contributed by atoms with Crippen molar-refractivity contribution < 1.29 is 13.2 Å². The monoisotopic (exact) mass is 347 g/mol. The van der Waals surface area contributed by atoms with Gasteiger partial charge in [-0.3, -0.25) is 14.1 Å². The molecule has 0 saturated carbocycles. The number of hydrogen-bond acceptors (Lipinski definition) is 4. The zero-order valence-corrected chi connectivity index (χ0v) is 14.6. The SMILES string of the molecule is Cc1cccc(N(CCC(=O)NCc2ccncc2)S(C)(=O)=O)c1. The topological polar surface area (TPSA) is 79.4 Å². The minimum absolute atomic E-state index is 0.0894. The summed E-state index contributed by atoms with van der Waals surface area (Å²) < 4.78 is 25.3. The van der Waals surface area contributed by atoms with Crippen molar-refractivity contribution >= 4 is 21.6 Å². The molecule has 2 aromatic rings. The highest BCUT2D eigenvalue weighted by Crippen LogP contribution is 2.19. The first-order chi connectivity index (χ1) is 11.4. The fraction of sp³-hybridized carbons (Fsp3) is 0.294. The predicted octanol–water partition coefficient (Wildman–Crippen LogP) is 1.86. The number of nitrogens with one attached hydrogen (secondary N) is 1. The number of carbonyl (C=O) groups is 1. The average Bonchev–Trinajstić information content (AvgIpc) is 2.53. The highest BCUT2D eigenvalue weighted by molar-refractivity contribution is 7.92. The zero-order valence-electron chi connectivity index (χ0n) is 13.8. The van der Waals surface area contributed by atoms with Gasteiger partial charge in [-0.1, -0.05) is 12.1 Å². The van der Waals surface area contributed by atoms with E-state index in [1.165, 1.54) is 4.31 Å². The van der Waals surface area contributed by atoms with Gasteiger partial charge >= 0.3 is 0 Å². The van der Waals surface area contributed by atoms with E-state index in [4.69, 9.17) is 0 Å². The smallest absolute Gasteiger partial charge is 0.232 e. The molecule has 7 heteroatoms. The van der Waals surface area contributed by atoms with Crippen LogP contribution in [0.1, 0.15) is 17.5 Å². The Morgan fingerprint density at radius 2 is 1.92 bits per heavy atom. The molecule has 0 radical (unpaired) electrons. The van der Waals surface area contributed by atoms with Crippen molar-refractivity contribution in [1.82, 2.24) is 10.3 Å². The third-order valence-electron chi connectivity index (χ3n) is 3.47. The summed E-state index contributed by atoms with van der Waals surface area (Å²) in [7, 11) is -3.45. The molecular formula is C17H21N3O3S. The van der Waals surface area contributed by atoms with Gasteiger partial charge in [0.05, 0.1) is 11.9 Å². The molecule has 128 valence electrons. The Kier molecular flexibility index (Phi) is 5.92. The Hall–Kier alpha value is -2.41. The summed E-state index contributed by atoms with van der Waals surface area (Å²) in [5.74, 6) is -0.201. The van der Waals surface area contributed by atoms with Gasteiger partial charge in [0.1, 0.15) is 0 Å². The fourth-order valence-corrected chi connectivity index (χ4v) is 3.18. The van der Waals surface area contributed by atoms with E-state index in [-0.39, 0.29) is 18.9 Å². The van der Waals surface area contributed by atoms with Crippen molar-refractivity contribution in [2.45, 2.75) is 19.9 Å². The number of sulfonamides is 1. The summed E-state index contributed by atoms with van der Waals surface area (Å²) in [5, 5.41) is 2.78. The highest BCUT2D eigenvalue weighted by atomic mass is 32.2. The number of aromatic nitrogens is 1. The van der Waals surface area contributed by atoms with Crippen molar-refractivity contribution in [2.24, 2.45) is 0 Å². The first-order valence-corrected chi connectivity index (χ1v) is 9.41. The first kappa shape index (κ1) is 17.9. The van der Waals surface area contributed by atoms with Crippen molar-refractivity contribution in [3.8, 4) is 0 Å². The van der Waals surface area contributed by atoms with Gasteiger partial charge in [0.15, 0.2) is 0 Å². The van der Waals surface area contributed by atoms with E-state index in [0.717, 1.165) is 17.4 Å². The van der Waals surface area contributed by atoms with Crippen LogP contribution in [0.25, 0.3) is 0 Å². The molecule has 1 heterocycles. The Labute approximate surface area is 142 Å². The second-order valence-corrected chi connectivity index (χ2v) is 7.46. The average molecular weight is 347 g/mol. The summed E-state index contributed by atoms with van der Waals surface area (Å²) in [4.78, 5) is 15.9. The van der Waals surface area contributed by atoms with Gasteiger partial charge in [0.25, 0.3) is 0 Å². The number of carbonyl (C=O) groups excluding carboxylic acids is 1. The van der Waals surface area contributed by atoms with E-state index < -0.39 is 10.0 Å². The first-order valence-electron chi connectivity index (χ1n) is 7.56. The molecule has 0 fully saturated rings. The lowest BCUT2D eigenvalue weighted by Gasteiger charge is -2.22. The van der Waals surface area contributed by atoms with Gasteiger partial charge in [-0.15, -0.1) is 0 Å². The molecule has 1 aromatic carbocycles. The van der Waals surface area contributed by atoms with Crippen molar-refractivity contribution in [2.75, 3.05) is 17.1 Å². The molecule has 0 spiro atoms. The number of nitrogens with zero attached hydrogens (tertiary/aromatic N) is 2. The molecule has 0 atom stereocenters. The van der Waals surface area contributed by atoms with Gasteiger partial charge in [0, 0.05) is 31.9 Å². The maximum Gasteiger partial charge on any atom is 0.232 e. The second-order valence-electron chi connectivity index (χ2n) is 5.56. The summed E-state index contributed by atoms with van der Waals surface area (Å²) in [6, 6.07) is 10.8. The molecule has 1 aromatic heterocycles. The van der Waals surface area contributed by atoms with Crippen LogP contribution in [0.2, 0.25) is 0 Å². The molecule has 1 N–H and O–H groups in total. The molecule has 0 unspecified atom stereocenters. The molecule has 1 amide bonds. The van der Waals surface area contributed by atoms with E-state index in [9.17, 15) is 13.2 Å². The zero-order chi connectivity index (χ0) is 17.6. The van der Waals surface area contributed by atoms with E-state index >= 15 is 0 Å². The molecule has 0 aliphatic carbocycles. The fourth-order valence-electron chi connectivity index (χ4n) is 2.26. The number of rotatable bonds is 7. The number of aryl methyl sites for hydroxylation is 1. The van der Waals surface area contributed by atoms with E-state index in [1.807, 2.05) is 25.1 Å². The van der Waals surface area contributed by atoms with Crippen molar-refractivity contribution in [3.05, 3.63) is 59.9 Å². The minimum atomic E-state index is -3.45. The summed E-state index contributed by atoms with van der Waals surface area (Å²) in [6.07, 6.45) is 4.55. The lowest BCUT2D eigenvalue weighted by atomic mass is 10.2. The molecule has 0 bridgehead atoms. The van der Waals surface area contributed by atoms with Crippen LogP contribution >= 0.6 is 0 Å². The third kappa shape index (κ3) is 5.34. The minimum Gasteiger partial charge on any atom is -0.352 e. The lowest BCUT2D eigenvalue weighted by molar-refractivity contribution is -0.121. The molecule has 6 nitrogen and oxygen atoms in total. The quantitative estimate of drug-likeness (QED) is 0.829. The largest absolute Gasteiger partial charge is 0.352 e. The number of anilines is 1. The van der Waals surface area contributed by atoms with Crippen LogP contribution in [-0.2, 0) is 21.4 Å². The molecule has 24 heavy (non-hydrogen) atoms. The summed E-state index contributed by atoms with van der Waals surface area (Å²) in [5.41, 5.74) is 2.47. The summed E-state index contributed by atoms with van der Waals surface area (Å²) >= 11 is 0. The third-order valence-corrected chi connectivity index (χ3v) is 4.67. The summed E-state index contributed by atoms with van der Waals surface area (Å²) in [6.45, 7) is 2.39. The van der Waals surface area contributed by atoms with Gasteiger partial charge in [-0.05, 0) is 42.3 Å².